The van der Waals surface area contributed by atoms with Gasteiger partial charge in [-0.15, -0.1) is 0 Å². The molecule has 0 spiro atoms. The second-order valence-electron chi connectivity index (χ2n) is 6.39. The molecule has 3 unspecified atom stereocenters. The summed E-state index contributed by atoms with van der Waals surface area (Å²) in [5.41, 5.74) is 1.70. The quantitative estimate of drug-likeness (QED) is 0.881. The van der Waals surface area contributed by atoms with Crippen LogP contribution in [-0.4, -0.2) is 17.4 Å². The summed E-state index contributed by atoms with van der Waals surface area (Å²) in [6, 6.07) is 7.87. The molecule has 2 fully saturated rings. The molecule has 1 aromatic heterocycles. The van der Waals surface area contributed by atoms with Crippen LogP contribution in [0, 0.1) is 17.8 Å². The van der Waals surface area contributed by atoms with Crippen LogP contribution in [0.15, 0.2) is 30.5 Å². The summed E-state index contributed by atoms with van der Waals surface area (Å²) in [4.78, 5) is 15.6. The number of para-hydroxylation sites is 1. The predicted molar refractivity (Wildman–Crippen MR) is 79.6 cm³/mol. The Balaban J connectivity index is 1.46. The fourth-order valence-corrected chi connectivity index (χ4v) is 4.22. The van der Waals surface area contributed by atoms with Gasteiger partial charge in [0.2, 0.25) is 0 Å². The summed E-state index contributed by atoms with van der Waals surface area (Å²) < 4.78 is 0. The van der Waals surface area contributed by atoms with Crippen LogP contribution in [0.4, 0.5) is 0 Å². The van der Waals surface area contributed by atoms with Crippen molar-refractivity contribution in [2.24, 2.45) is 17.8 Å². The first-order valence-electron chi connectivity index (χ1n) is 7.65. The lowest BCUT2D eigenvalue weighted by Gasteiger charge is -2.21. The molecule has 0 aliphatic heterocycles. The van der Waals surface area contributed by atoms with Gasteiger partial charge in [-0.05, 0) is 49.1 Å². The molecule has 2 N–H and O–H groups in total. The molecule has 3 nitrogen and oxygen atoms in total. The van der Waals surface area contributed by atoms with E-state index in [1.165, 1.54) is 25.7 Å². The molecular weight excluding hydrogens is 248 g/mol. The number of nitrogens with one attached hydrogen (secondary N) is 2. The maximum atomic E-state index is 12.4. The van der Waals surface area contributed by atoms with Crippen LogP contribution < -0.4 is 5.32 Å². The Hall–Kier alpha value is -1.77. The van der Waals surface area contributed by atoms with Gasteiger partial charge >= 0.3 is 0 Å². The van der Waals surface area contributed by atoms with Gasteiger partial charge in [-0.3, -0.25) is 4.79 Å². The van der Waals surface area contributed by atoms with Gasteiger partial charge in [0, 0.05) is 18.1 Å². The standard InChI is InChI=1S/C17H20N2O/c20-17(15-3-1-2-12-6-7-18-16(12)15)19-10-14-9-11-4-5-13(14)8-11/h1-3,6-7,11,13-14,18H,4-5,8-10H2,(H,19,20). The van der Waals surface area contributed by atoms with Gasteiger partial charge in [0.1, 0.15) is 0 Å². The molecule has 0 saturated heterocycles. The first-order chi connectivity index (χ1) is 9.81. The van der Waals surface area contributed by atoms with E-state index in [9.17, 15) is 4.79 Å². The van der Waals surface area contributed by atoms with E-state index in [1.807, 2.05) is 30.5 Å². The number of carbonyl (C=O) groups is 1. The van der Waals surface area contributed by atoms with Gasteiger partial charge in [-0.1, -0.05) is 18.6 Å². The lowest BCUT2D eigenvalue weighted by molar-refractivity contribution is 0.0943. The topological polar surface area (TPSA) is 44.9 Å². The van der Waals surface area contributed by atoms with Crippen molar-refractivity contribution >= 4 is 16.8 Å². The maximum absolute atomic E-state index is 12.4. The molecule has 2 saturated carbocycles. The van der Waals surface area contributed by atoms with Gasteiger partial charge in [-0.25, -0.2) is 0 Å². The number of carbonyl (C=O) groups excluding carboxylic acids is 1. The highest BCUT2D eigenvalue weighted by Gasteiger charge is 2.39. The van der Waals surface area contributed by atoms with E-state index in [-0.39, 0.29) is 5.91 Å². The highest BCUT2D eigenvalue weighted by Crippen LogP contribution is 2.47. The van der Waals surface area contributed by atoms with Gasteiger partial charge < -0.3 is 10.3 Å². The van der Waals surface area contributed by atoms with E-state index in [0.717, 1.165) is 34.8 Å². The number of hydrogen-bond donors (Lipinski definition) is 2. The van der Waals surface area contributed by atoms with Crippen LogP contribution in [0.5, 0.6) is 0 Å². The molecule has 4 rings (SSSR count). The Labute approximate surface area is 118 Å². The van der Waals surface area contributed by atoms with Gasteiger partial charge in [0.25, 0.3) is 5.91 Å². The average Bonchev–Trinajstić information content (AvgIpc) is 3.19. The summed E-state index contributed by atoms with van der Waals surface area (Å²) in [5.74, 6) is 2.57. The zero-order chi connectivity index (χ0) is 13.5. The first kappa shape index (κ1) is 12.0. The summed E-state index contributed by atoms with van der Waals surface area (Å²) in [5, 5.41) is 4.24. The lowest BCUT2D eigenvalue weighted by Crippen LogP contribution is -2.31. The second kappa shape index (κ2) is 4.65. The maximum Gasteiger partial charge on any atom is 0.253 e. The molecule has 2 bridgehead atoms. The van der Waals surface area contributed by atoms with Crippen LogP contribution >= 0.6 is 0 Å². The first-order valence-corrected chi connectivity index (χ1v) is 7.65. The van der Waals surface area contributed by atoms with Crippen molar-refractivity contribution in [1.82, 2.24) is 10.3 Å². The lowest BCUT2D eigenvalue weighted by atomic mass is 9.89. The molecule has 104 valence electrons. The molecule has 0 radical (unpaired) electrons. The van der Waals surface area contributed by atoms with Gasteiger partial charge in [0.15, 0.2) is 0 Å². The number of aromatic nitrogens is 1. The molecule has 3 heteroatoms. The minimum atomic E-state index is 0.0563. The molecule has 2 aromatic rings. The second-order valence-corrected chi connectivity index (χ2v) is 6.39. The summed E-state index contributed by atoms with van der Waals surface area (Å²) in [6.45, 7) is 0.844. The minimum Gasteiger partial charge on any atom is -0.361 e. The molecule has 2 aliphatic rings. The molecule has 2 aliphatic carbocycles. The van der Waals surface area contributed by atoms with Crippen molar-refractivity contribution in [3.05, 3.63) is 36.0 Å². The highest BCUT2D eigenvalue weighted by atomic mass is 16.1. The summed E-state index contributed by atoms with van der Waals surface area (Å²) in [7, 11) is 0. The SMILES string of the molecule is O=C(NCC1CC2CCC1C2)c1cccc2cc[nH]c12. The summed E-state index contributed by atoms with van der Waals surface area (Å²) >= 11 is 0. The number of aromatic amines is 1. The van der Waals surface area contributed by atoms with E-state index in [4.69, 9.17) is 0 Å². The van der Waals surface area contributed by atoms with Crippen molar-refractivity contribution in [2.75, 3.05) is 6.54 Å². The average molecular weight is 268 g/mol. The molecule has 20 heavy (non-hydrogen) atoms. The Morgan fingerprint density at radius 2 is 2.20 bits per heavy atom. The number of H-pyrrole nitrogens is 1. The third-order valence-electron chi connectivity index (χ3n) is 5.24. The van der Waals surface area contributed by atoms with Crippen LogP contribution in [0.2, 0.25) is 0 Å². The Kier molecular flexibility index (Phi) is 2.79. The Morgan fingerprint density at radius 1 is 1.25 bits per heavy atom. The van der Waals surface area contributed by atoms with E-state index >= 15 is 0 Å². The minimum absolute atomic E-state index is 0.0563. The van der Waals surface area contributed by atoms with Crippen LogP contribution in [0.1, 0.15) is 36.0 Å². The van der Waals surface area contributed by atoms with Crippen LogP contribution in [0.25, 0.3) is 10.9 Å². The largest absolute Gasteiger partial charge is 0.361 e. The molecule has 3 atom stereocenters. The van der Waals surface area contributed by atoms with Crippen molar-refractivity contribution in [3.8, 4) is 0 Å². The molecular formula is C17H20N2O. The summed E-state index contributed by atoms with van der Waals surface area (Å²) in [6.07, 6.45) is 7.39. The fourth-order valence-electron chi connectivity index (χ4n) is 4.22. The van der Waals surface area contributed by atoms with Crippen LogP contribution in [-0.2, 0) is 0 Å². The van der Waals surface area contributed by atoms with E-state index in [1.54, 1.807) is 0 Å². The number of hydrogen-bond acceptors (Lipinski definition) is 1. The fraction of sp³-hybridized carbons (Fsp3) is 0.471. The van der Waals surface area contributed by atoms with Crippen molar-refractivity contribution in [1.29, 1.82) is 0 Å². The number of benzene rings is 1. The molecule has 1 heterocycles. The smallest absolute Gasteiger partial charge is 0.253 e. The number of amides is 1. The van der Waals surface area contributed by atoms with Crippen molar-refractivity contribution in [2.45, 2.75) is 25.7 Å². The molecule has 1 amide bonds. The van der Waals surface area contributed by atoms with E-state index in [0.29, 0.717) is 5.92 Å². The predicted octanol–water partition coefficient (Wildman–Crippen LogP) is 3.33. The number of fused-ring (bicyclic) bond motifs is 3. The monoisotopic (exact) mass is 268 g/mol. The zero-order valence-electron chi connectivity index (χ0n) is 11.6. The van der Waals surface area contributed by atoms with E-state index in [2.05, 4.69) is 10.3 Å². The zero-order valence-corrected chi connectivity index (χ0v) is 11.6. The van der Waals surface area contributed by atoms with E-state index < -0.39 is 0 Å². The Bertz CT molecular complexity index is 645. The normalized spacial score (nSPS) is 28.1. The number of rotatable bonds is 3. The Morgan fingerprint density at radius 3 is 3.00 bits per heavy atom. The highest BCUT2D eigenvalue weighted by molar-refractivity contribution is 6.05. The third kappa shape index (κ3) is 1.92. The van der Waals surface area contributed by atoms with Gasteiger partial charge in [0.05, 0.1) is 11.1 Å². The van der Waals surface area contributed by atoms with Crippen molar-refractivity contribution < 1.29 is 4.79 Å². The molecule has 1 aromatic carbocycles. The van der Waals surface area contributed by atoms with Crippen molar-refractivity contribution in [3.63, 3.8) is 0 Å². The van der Waals surface area contributed by atoms with Gasteiger partial charge in [-0.2, -0.15) is 0 Å². The third-order valence-corrected chi connectivity index (χ3v) is 5.24. The van der Waals surface area contributed by atoms with Crippen LogP contribution in [0.3, 0.4) is 0 Å².